The van der Waals surface area contributed by atoms with E-state index in [0.29, 0.717) is 19.3 Å². The van der Waals surface area contributed by atoms with E-state index in [1.807, 2.05) is 0 Å². The molecular formula is C66H102O6. The zero-order valence-corrected chi connectivity index (χ0v) is 45.9. The molecule has 0 rings (SSSR count). The molecule has 6 heteroatoms. The minimum absolute atomic E-state index is 0.120. The topological polar surface area (TPSA) is 78.9 Å². The molecule has 0 radical (unpaired) electrons. The molecule has 0 aliphatic carbocycles. The first-order valence-corrected chi connectivity index (χ1v) is 28.5. The van der Waals surface area contributed by atoms with Gasteiger partial charge in [0.2, 0.25) is 0 Å². The van der Waals surface area contributed by atoms with Crippen molar-refractivity contribution in [2.45, 2.75) is 226 Å². The zero-order chi connectivity index (χ0) is 52.2. The fraction of sp³-hybridized carbons (Fsp3) is 0.561. The van der Waals surface area contributed by atoms with Gasteiger partial charge in [0, 0.05) is 19.3 Å². The summed E-state index contributed by atoms with van der Waals surface area (Å²) in [5.74, 6) is -1.02. The molecule has 0 saturated heterocycles. The number of esters is 3. The van der Waals surface area contributed by atoms with Crippen LogP contribution in [0.15, 0.2) is 158 Å². The van der Waals surface area contributed by atoms with Crippen LogP contribution in [0.4, 0.5) is 0 Å². The van der Waals surface area contributed by atoms with Gasteiger partial charge in [-0.1, -0.05) is 217 Å². The van der Waals surface area contributed by atoms with Gasteiger partial charge < -0.3 is 14.2 Å². The predicted octanol–water partition coefficient (Wildman–Crippen LogP) is 19.4. The smallest absolute Gasteiger partial charge is 0.306 e. The fourth-order valence-corrected chi connectivity index (χ4v) is 7.02. The molecule has 0 fully saturated rings. The Balaban J connectivity index is 4.58. The molecule has 0 aromatic heterocycles. The monoisotopic (exact) mass is 991 g/mol. The van der Waals surface area contributed by atoms with Gasteiger partial charge in [-0.2, -0.15) is 0 Å². The summed E-state index contributed by atoms with van der Waals surface area (Å²) in [5.41, 5.74) is 0. The Kier molecular flexibility index (Phi) is 54.6. The molecule has 0 spiro atoms. The van der Waals surface area contributed by atoms with E-state index in [4.69, 9.17) is 14.2 Å². The SMILES string of the molecule is CC/C=C\C/C=C\C/C=C\C/C=C\C/C=C\C/C=C\CCCCC(=O)OCC(COC(=O)CCCCCCC/C=C\C/C=C\CCCC)OC(=O)CCCCC/C=C\C/C=C\C/C=C\C/C=C\C/C=C\CC. The highest BCUT2D eigenvalue weighted by Crippen LogP contribution is 2.12. The van der Waals surface area contributed by atoms with E-state index in [1.165, 1.54) is 19.3 Å². The molecule has 72 heavy (non-hydrogen) atoms. The molecule has 0 aliphatic rings. The van der Waals surface area contributed by atoms with Crippen LogP contribution < -0.4 is 0 Å². The van der Waals surface area contributed by atoms with Crippen molar-refractivity contribution < 1.29 is 28.6 Å². The van der Waals surface area contributed by atoms with Crippen LogP contribution in [0.2, 0.25) is 0 Å². The molecule has 0 saturated carbocycles. The lowest BCUT2D eigenvalue weighted by Crippen LogP contribution is -2.30. The van der Waals surface area contributed by atoms with Gasteiger partial charge in [-0.15, -0.1) is 0 Å². The van der Waals surface area contributed by atoms with Crippen molar-refractivity contribution >= 4 is 17.9 Å². The highest BCUT2D eigenvalue weighted by molar-refractivity contribution is 5.71. The zero-order valence-electron chi connectivity index (χ0n) is 45.9. The molecule has 1 atom stereocenters. The Morgan fingerprint density at radius 3 is 0.889 bits per heavy atom. The highest BCUT2D eigenvalue weighted by atomic mass is 16.6. The van der Waals surface area contributed by atoms with Gasteiger partial charge in [-0.05, 0) is 141 Å². The molecule has 1 unspecified atom stereocenters. The Morgan fingerprint density at radius 1 is 0.292 bits per heavy atom. The van der Waals surface area contributed by atoms with E-state index >= 15 is 0 Å². The van der Waals surface area contributed by atoms with Crippen LogP contribution >= 0.6 is 0 Å². The third-order valence-corrected chi connectivity index (χ3v) is 11.2. The molecule has 0 aromatic rings. The molecule has 6 nitrogen and oxygen atoms in total. The number of hydrogen-bond acceptors (Lipinski definition) is 6. The number of carbonyl (C=O) groups excluding carboxylic acids is 3. The van der Waals surface area contributed by atoms with E-state index in [1.54, 1.807) is 0 Å². The lowest BCUT2D eigenvalue weighted by atomic mass is 10.1. The normalized spacial score (nSPS) is 13.3. The van der Waals surface area contributed by atoms with E-state index < -0.39 is 6.10 Å². The Hall–Kier alpha value is -4.97. The van der Waals surface area contributed by atoms with Crippen LogP contribution in [0.25, 0.3) is 0 Å². The van der Waals surface area contributed by atoms with Crippen molar-refractivity contribution in [3.05, 3.63) is 158 Å². The summed E-state index contributed by atoms with van der Waals surface area (Å²) < 4.78 is 16.8. The molecule has 0 N–H and O–H groups in total. The van der Waals surface area contributed by atoms with Crippen molar-refractivity contribution in [1.82, 2.24) is 0 Å². The quantitative estimate of drug-likeness (QED) is 0.0262. The van der Waals surface area contributed by atoms with Gasteiger partial charge in [-0.3, -0.25) is 14.4 Å². The van der Waals surface area contributed by atoms with Crippen LogP contribution in [0, 0.1) is 0 Å². The molecular weight excluding hydrogens is 889 g/mol. The molecule has 0 heterocycles. The van der Waals surface area contributed by atoms with Gasteiger partial charge in [0.15, 0.2) is 6.10 Å². The minimum Gasteiger partial charge on any atom is -0.462 e. The van der Waals surface area contributed by atoms with Crippen molar-refractivity contribution in [2.75, 3.05) is 13.2 Å². The first kappa shape index (κ1) is 67.0. The summed E-state index contributed by atoms with van der Waals surface area (Å²) in [6.07, 6.45) is 85.1. The van der Waals surface area contributed by atoms with Crippen LogP contribution in [-0.4, -0.2) is 37.2 Å². The molecule has 0 aliphatic heterocycles. The second kappa shape index (κ2) is 58.6. The molecule has 402 valence electrons. The first-order chi connectivity index (χ1) is 35.5. The lowest BCUT2D eigenvalue weighted by Gasteiger charge is -2.18. The van der Waals surface area contributed by atoms with Crippen LogP contribution in [0.1, 0.15) is 220 Å². The summed E-state index contributed by atoms with van der Waals surface area (Å²) in [6, 6.07) is 0. The van der Waals surface area contributed by atoms with Crippen molar-refractivity contribution in [1.29, 1.82) is 0 Å². The van der Waals surface area contributed by atoms with E-state index in [2.05, 4.69) is 179 Å². The average molecular weight is 992 g/mol. The van der Waals surface area contributed by atoms with Gasteiger partial charge in [-0.25, -0.2) is 0 Å². The van der Waals surface area contributed by atoms with Gasteiger partial charge >= 0.3 is 17.9 Å². The van der Waals surface area contributed by atoms with Gasteiger partial charge in [0.25, 0.3) is 0 Å². The third kappa shape index (κ3) is 56.0. The summed E-state index contributed by atoms with van der Waals surface area (Å²) in [4.78, 5) is 38.2. The molecule has 0 bridgehead atoms. The summed E-state index contributed by atoms with van der Waals surface area (Å²) in [6.45, 7) is 6.27. The van der Waals surface area contributed by atoms with Gasteiger partial charge in [0.05, 0.1) is 0 Å². The summed E-state index contributed by atoms with van der Waals surface area (Å²) >= 11 is 0. The predicted molar refractivity (Wildman–Crippen MR) is 311 cm³/mol. The van der Waals surface area contributed by atoms with Crippen LogP contribution in [0.5, 0.6) is 0 Å². The molecule has 0 amide bonds. The maximum absolute atomic E-state index is 12.9. The number of rotatable bonds is 49. The number of unbranched alkanes of at least 4 members (excludes halogenated alkanes) is 12. The van der Waals surface area contributed by atoms with Gasteiger partial charge in [0.1, 0.15) is 13.2 Å². The number of ether oxygens (including phenoxy) is 3. The number of carbonyl (C=O) groups is 3. The summed E-state index contributed by atoms with van der Waals surface area (Å²) in [5, 5.41) is 0. The minimum atomic E-state index is -0.828. The molecule has 0 aromatic carbocycles. The van der Waals surface area contributed by atoms with E-state index in [-0.39, 0.29) is 44.0 Å². The summed E-state index contributed by atoms with van der Waals surface area (Å²) in [7, 11) is 0. The third-order valence-electron chi connectivity index (χ3n) is 11.2. The second-order valence-corrected chi connectivity index (χ2v) is 18.1. The largest absolute Gasteiger partial charge is 0.462 e. The second-order valence-electron chi connectivity index (χ2n) is 18.1. The maximum Gasteiger partial charge on any atom is 0.306 e. The van der Waals surface area contributed by atoms with Crippen molar-refractivity contribution in [2.24, 2.45) is 0 Å². The average Bonchev–Trinajstić information content (AvgIpc) is 3.38. The Labute approximate surface area is 441 Å². The van der Waals surface area contributed by atoms with E-state index in [0.717, 1.165) is 148 Å². The fourth-order valence-electron chi connectivity index (χ4n) is 7.02. The van der Waals surface area contributed by atoms with Crippen LogP contribution in [-0.2, 0) is 28.6 Å². The standard InChI is InChI=1S/C66H102O6/c1-4-7-10-13-16-19-22-25-28-30-32-33-35-36-38-41-44-47-50-53-56-59-65(68)71-62-63(61-70-64(67)58-55-52-49-46-43-40-27-24-21-18-15-12-9-6-3)72-66(69)60-57-54-51-48-45-42-39-37-34-31-29-26-23-20-17-14-11-8-5-2/h7-8,10-11,15-20,24-29,32-34,36-38,42,44-45,47,63H,4-6,9,12-14,21-23,30-31,35,39-41,43,46,48-62H2,1-3H3/b10-7-,11-8-,18-15-,19-16-,20-17-,27-24-,28-25-,29-26-,33-32-,37-34-,38-36-,45-42-,47-44-. The number of hydrogen-bond donors (Lipinski definition) is 0. The van der Waals surface area contributed by atoms with E-state index in [9.17, 15) is 14.4 Å². The first-order valence-electron chi connectivity index (χ1n) is 28.5. The van der Waals surface area contributed by atoms with Crippen LogP contribution in [0.3, 0.4) is 0 Å². The number of allylic oxidation sites excluding steroid dienone is 26. The Bertz CT molecular complexity index is 1660. The highest BCUT2D eigenvalue weighted by Gasteiger charge is 2.19. The maximum atomic E-state index is 12.9. The Morgan fingerprint density at radius 2 is 0.542 bits per heavy atom. The van der Waals surface area contributed by atoms with Crippen molar-refractivity contribution in [3.8, 4) is 0 Å². The van der Waals surface area contributed by atoms with Crippen molar-refractivity contribution in [3.63, 3.8) is 0 Å². The lowest BCUT2D eigenvalue weighted by molar-refractivity contribution is -0.167.